The van der Waals surface area contributed by atoms with Crippen LogP contribution in [0.4, 0.5) is 5.69 Å². The Hall–Kier alpha value is -1.73. The Bertz CT molecular complexity index is 815. The SMILES string of the molecule is COc1ccc(SN2CCOC3(CCN(c4ccc(Cl)cc4)C3=O)C2)cc1. The van der Waals surface area contributed by atoms with Crippen LogP contribution in [0, 0.1) is 0 Å². The molecule has 2 aliphatic rings. The van der Waals surface area contributed by atoms with Gasteiger partial charge in [0.25, 0.3) is 5.91 Å². The largest absolute Gasteiger partial charge is 0.497 e. The molecule has 1 unspecified atom stereocenters. The average molecular weight is 405 g/mol. The van der Waals surface area contributed by atoms with Crippen molar-refractivity contribution in [3.63, 3.8) is 0 Å². The third kappa shape index (κ3) is 3.80. The van der Waals surface area contributed by atoms with Gasteiger partial charge in [-0.2, -0.15) is 0 Å². The molecule has 2 fully saturated rings. The van der Waals surface area contributed by atoms with Gasteiger partial charge in [0.2, 0.25) is 0 Å². The van der Waals surface area contributed by atoms with E-state index in [1.165, 1.54) is 0 Å². The fourth-order valence-corrected chi connectivity index (χ4v) is 4.63. The zero-order chi connectivity index (χ0) is 18.9. The van der Waals surface area contributed by atoms with Gasteiger partial charge in [0.05, 0.1) is 13.7 Å². The normalized spacial score (nSPS) is 23.2. The molecule has 2 aliphatic heterocycles. The molecule has 4 rings (SSSR count). The van der Waals surface area contributed by atoms with E-state index in [2.05, 4.69) is 4.31 Å². The predicted octanol–water partition coefficient (Wildman–Crippen LogP) is 3.86. The van der Waals surface area contributed by atoms with E-state index >= 15 is 0 Å². The number of amides is 1. The Morgan fingerprint density at radius 2 is 1.85 bits per heavy atom. The van der Waals surface area contributed by atoms with Crippen molar-refractivity contribution in [2.24, 2.45) is 0 Å². The van der Waals surface area contributed by atoms with E-state index in [4.69, 9.17) is 21.1 Å². The third-order valence-corrected chi connectivity index (χ3v) is 6.26. The number of morpholine rings is 1. The second-order valence-corrected chi connectivity index (χ2v) is 8.26. The molecular weight excluding hydrogens is 384 g/mol. The Kier molecular flexibility index (Phi) is 5.32. The van der Waals surface area contributed by atoms with Gasteiger partial charge >= 0.3 is 0 Å². The molecule has 2 aromatic carbocycles. The van der Waals surface area contributed by atoms with Gasteiger partial charge in [-0.1, -0.05) is 11.6 Å². The maximum Gasteiger partial charge on any atom is 0.260 e. The van der Waals surface area contributed by atoms with Crippen LogP contribution in [-0.2, 0) is 9.53 Å². The summed E-state index contributed by atoms with van der Waals surface area (Å²) in [5.41, 5.74) is 0.0990. The van der Waals surface area contributed by atoms with Crippen molar-refractivity contribution in [3.8, 4) is 5.75 Å². The number of ether oxygens (including phenoxy) is 2. The molecule has 2 saturated heterocycles. The van der Waals surface area contributed by atoms with Gasteiger partial charge < -0.3 is 14.4 Å². The molecule has 142 valence electrons. The first kappa shape index (κ1) is 18.6. The number of methoxy groups -OCH3 is 1. The summed E-state index contributed by atoms with van der Waals surface area (Å²) in [6.45, 7) is 2.56. The van der Waals surface area contributed by atoms with Gasteiger partial charge in [-0.3, -0.25) is 4.79 Å². The molecule has 0 bridgehead atoms. The molecule has 0 aromatic heterocycles. The summed E-state index contributed by atoms with van der Waals surface area (Å²) in [6, 6.07) is 15.3. The fourth-order valence-electron chi connectivity index (χ4n) is 3.51. The summed E-state index contributed by atoms with van der Waals surface area (Å²) in [5.74, 6) is 0.868. The van der Waals surface area contributed by atoms with Crippen LogP contribution in [0.1, 0.15) is 6.42 Å². The van der Waals surface area contributed by atoms with Crippen LogP contribution in [-0.4, -0.2) is 49.2 Å². The van der Waals surface area contributed by atoms with Crippen molar-refractivity contribution in [2.75, 3.05) is 38.3 Å². The first-order valence-corrected chi connectivity index (χ1v) is 10.0. The Morgan fingerprint density at radius 3 is 2.56 bits per heavy atom. The number of rotatable bonds is 4. The minimum Gasteiger partial charge on any atom is -0.497 e. The molecule has 1 spiro atoms. The fraction of sp³-hybridized carbons (Fsp3) is 0.350. The van der Waals surface area contributed by atoms with Gasteiger partial charge in [-0.05, 0) is 60.5 Å². The summed E-state index contributed by atoms with van der Waals surface area (Å²) in [6.07, 6.45) is 0.689. The van der Waals surface area contributed by atoms with Gasteiger partial charge in [-0.15, -0.1) is 0 Å². The molecule has 7 heteroatoms. The first-order chi connectivity index (χ1) is 13.1. The Balaban J connectivity index is 1.46. The average Bonchev–Trinajstić information content (AvgIpc) is 2.99. The topological polar surface area (TPSA) is 42.0 Å². The minimum absolute atomic E-state index is 0.0323. The van der Waals surface area contributed by atoms with Crippen LogP contribution in [0.2, 0.25) is 5.02 Å². The zero-order valence-corrected chi connectivity index (χ0v) is 16.6. The van der Waals surface area contributed by atoms with Crippen molar-refractivity contribution >= 4 is 35.1 Å². The van der Waals surface area contributed by atoms with Gasteiger partial charge in [0, 0.05) is 41.7 Å². The highest BCUT2D eigenvalue weighted by atomic mass is 35.5. The molecule has 1 amide bonds. The van der Waals surface area contributed by atoms with Gasteiger partial charge in [0.15, 0.2) is 5.60 Å². The van der Waals surface area contributed by atoms with E-state index in [0.29, 0.717) is 31.1 Å². The molecule has 1 atom stereocenters. The number of hydrogen-bond acceptors (Lipinski definition) is 5. The number of benzene rings is 2. The molecule has 5 nitrogen and oxygen atoms in total. The Labute approximate surface area is 168 Å². The van der Waals surface area contributed by atoms with E-state index in [9.17, 15) is 4.79 Å². The summed E-state index contributed by atoms with van der Waals surface area (Å²) in [5, 5.41) is 0.663. The second-order valence-electron chi connectivity index (χ2n) is 6.66. The quantitative estimate of drug-likeness (QED) is 0.724. The highest BCUT2D eigenvalue weighted by Gasteiger charge is 2.51. The molecule has 0 saturated carbocycles. The molecule has 0 aliphatic carbocycles. The number of hydrogen-bond donors (Lipinski definition) is 0. The van der Waals surface area contributed by atoms with Crippen LogP contribution in [0.3, 0.4) is 0 Å². The van der Waals surface area contributed by atoms with Gasteiger partial charge in [0.1, 0.15) is 5.75 Å². The molecule has 2 heterocycles. The number of carbonyl (C=O) groups excluding carboxylic acids is 1. The van der Waals surface area contributed by atoms with Crippen molar-refractivity contribution in [3.05, 3.63) is 53.6 Å². The molecule has 0 N–H and O–H groups in total. The molecule has 27 heavy (non-hydrogen) atoms. The third-order valence-electron chi connectivity index (χ3n) is 4.96. The smallest absolute Gasteiger partial charge is 0.260 e. The number of anilines is 1. The van der Waals surface area contributed by atoms with Crippen LogP contribution in [0.25, 0.3) is 0 Å². The van der Waals surface area contributed by atoms with Crippen molar-refractivity contribution in [1.82, 2.24) is 4.31 Å². The molecule has 2 aromatic rings. The number of nitrogens with zero attached hydrogens (tertiary/aromatic N) is 2. The lowest BCUT2D eigenvalue weighted by atomic mass is 10.0. The van der Waals surface area contributed by atoms with Crippen molar-refractivity contribution in [2.45, 2.75) is 16.9 Å². The van der Waals surface area contributed by atoms with Crippen molar-refractivity contribution < 1.29 is 14.3 Å². The lowest BCUT2D eigenvalue weighted by molar-refractivity contribution is -0.147. The maximum absolute atomic E-state index is 13.2. The highest BCUT2D eigenvalue weighted by Crippen LogP contribution is 2.37. The lowest BCUT2D eigenvalue weighted by Gasteiger charge is -2.38. The van der Waals surface area contributed by atoms with E-state index in [1.807, 2.05) is 48.5 Å². The van der Waals surface area contributed by atoms with Crippen LogP contribution < -0.4 is 9.64 Å². The van der Waals surface area contributed by atoms with E-state index in [0.717, 1.165) is 22.9 Å². The van der Waals surface area contributed by atoms with Gasteiger partial charge in [-0.25, -0.2) is 4.31 Å². The number of halogens is 1. The highest BCUT2D eigenvalue weighted by molar-refractivity contribution is 7.97. The van der Waals surface area contributed by atoms with Crippen LogP contribution in [0.5, 0.6) is 5.75 Å². The monoisotopic (exact) mass is 404 g/mol. The summed E-state index contributed by atoms with van der Waals surface area (Å²) in [4.78, 5) is 16.1. The summed E-state index contributed by atoms with van der Waals surface area (Å²) < 4.78 is 13.5. The lowest BCUT2D eigenvalue weighted by Crippen LogP contribution is -2.54. The zero-order valence-electron chi connectivity index (χ0n) is 15.1. The van der Waals surface area contributed by atoms with E-state index in [1.54, 1.807) is 24.0 Å². The molecular formula is C20H21ClN2O3S. The predicted molar refractivity (Wildman–Crippen MR) is 108 cm³/mol. The maximum atomic E-state index is 13.2. The first-order valence-electron chi connectivity index (χ1n) is 8.88. The van der Waals surface area contributed by atoms with Crippen molar-refractivity contribution in [1.29, 1.82) is 0 Å². The Morgan fingerprint density at radius 1 is 1.11 bits per heavy atom. The standard InChI is InChI=1S/C20H21ClN2O3S/c1-25-17-6-8-18(9-7-17)27-22-12-13-26-20(14-22)10-11-23(19(20)24)16-4-2-15(21)3-5-16/h2-9H,10-14H2,1H3. The van der Waals surface area contributed by atoms with E-state index < -0.39 is 5.60 Å². The summed E-state index contributed by atoms with van der Waals surface area (Å²) >= 11 is 7.62. The summed E-state index contributed by atoms with van der Waals surface area (Å²) in [7, 11) is 1.66. The minimum atomic E-state index is -0.767. The second kappa shape index (κ2) is 7.72. The number of carbonyl (C=O) groups is 1. The van der Waals surface area contributed by atoms with E-state index in [-0.39, 0.29) is 5.91 Å². The molecule has 0 radical (unpaired) electrons. The van der Waals surface area contributed by atoms with Crippen LogP contribution >= 0.6 is 23.5 Å². The van der Waals surface area contributed by atoms with Crippen LogP contribution in [0.15, 0.2) is 53.4 Å².